The van der Waals surface area contributed by atoms with E-state index in [2.05, 4.69) is 16.9 Å². The van der Waals surface area contributed by atoms with E-state index in [-0.39, 0.29) is 18.1 Å². The van der Waals surface area contributed by atoms with Crippen LogP contribution in [0.2, 0.25) is 0 Å². The Labute approximate surface area is 78.6 Å². The van der Waals surface area contributed by atoms with Gasteiger partial charge < -0.3 is 5.11 Å². The lowest BCUT2D eigenvalue weighted by atomic mass is 9.71. The van der Waals surface area contributed by atoms with Crippen molar-refractivity contribution in [1.82, 2.24) is 0 Å². The first kappa shape index (κ1) is 10.4. The van der Waals surface area contributed by atoms with E-state index >= 15 is 0 Å². The molecule has 1 N–H and O–H groups in total. The van der Waals surface area contributed by atoms with E-state index in [1.165, 1.54) is 19.3 Å². The Morgan fingerprint density at radius 3 is 2.54 bits per heavy atom. The summed E-state index contributed by atoms with van der Waals surface area (Å²) in [6.45, 7) is 2.09. The predicted octanol–water partition coefficient (Wildman–Crippen LogP) is 2.63. The van der Waals surface area contributed by atoms with Gasteiger partial charge in [0.2, 0.25) is 0 Å². The summed E-state index contributed by atoms with van der Waals surface area (Å²) in [6, 6.07) is -0.238. The number of aliphatic hydroxyl groups excluding tert-OH is 1. The molecule has 1 unspecified atom stereocenters. The van der Waals surface area contributed by atoms with Crippen LogP contribution < -0.4 is 0 Å². The van der Waals surface area contributed by atoms with Crippen LogP contribution in [0.25, 0.3) is 10.4 Å². The number of aliphatic hydroxyl groups is 1. The first-order valence-electron chi connectivity index (χ1n) is 4.88. The SMILES string of the molecule is CC1(C(CO)N=[N+]=[N-])CCCCC1. The van der Waals surface area contributed by atoms with Crippen molar-refractivity contribution in [2.45, 2.75) is 45.1 Å². The Morgan fingerprint density at radius 1 is 1.46 bits per heavy atom. The van der Waals surface area contributed by atoms with Gasteiger partial charge in [-0.15, -0.1) is 0 Å². The molecule has 0 saturated heterocycles. The van der Waals surface area contributed by atoms with Gasteiger partial charge in [0.25, 0.3) is 0 Å². The van der Waals surface area contributed by atoms with E-state index in [4.69, 9.17) is 10.6 Å². The monoisotopic (exact) mass is 183 g/mol. The zero-order valence-electron chi connectivity index (χ0n) is 8.11. The van der Waals surface area contributed by atoms with Crippen LogP contribution in [0, 0.1) is 5.41 Å². The second-order valence-electron chi connectivity index (χ2n) is 4.12. The van der Waals surface area contributed by atoms with E-state index in [1.807, 2.05) is 0 Å². The summed E-state index contributed by atoms with van der Waals surface area (Å²) in [6.07, 6.45) is 5.78. The molecule has 0 aliphatic heterocycles. The first-order valence-corrected chi connectivity index (χ1v) is 4.88. The third kappa shape index (κ3) is 2.36. The van der Waals surface area contributed by atoms with Crippen LogP contribution in [0.5, 0.6) is 0 Å². The minimum absolute atomic E-state index is 0.0270. The average Bonchev–Trinajstić information content (AvgIpc) is 2.15. The van der Waals surface area contributed by atoms with Gasteiger partial charge in [0.05, 0.1) is 12.6 Å². The van der Waals surface area contributed by atoms with Gasteiger partial charge in [-0.2, -0.15) is 0 Å². The normalized spacial score (nSPS) is 23.2. The van der Waals surface area contributed by atoms with Crippen molar-refractivity contribution < 1.29 is 5.11 Å². The maximum atomic E-state index is 9.11. The maximum Gasteiger partial charge on any atom is 0.0659 e. The van der Waals surface area contributed by atoms with Crippen LogP contribution in [0.15, 0.2) is 5.11 Å². The topological polar surface area (TPSA) is 69.0 Å². The van der Waals surface area contributed by atoms with E-state index in [1.54, 1.807) is 0 Å². The van der Waals surface area contributed by atoms with E-state index in [0.29, 0.717) is 0 Å². The molecule has 74 valence electrons. The molecule has 1 atom stereocenters. The Bertz CT molecular complexity index is 205. The molecule has 0 spiro atoms. The fourth-order valence-electron chi connectivity index (χ4n) is 2.15. The molecular weight excluding hydrogens is 166 g/mol. The van der Waals surface area contributed by atoms with E-state index in [0.717, 1.165) is 12.8 Å². The molecule has 0 bridgehead atoms. The maximum absolute atomic E-state index is 9.11. The third-order valence-electron chi connectivity index (χ3n) is 3.16. The summed E-state index contributed by atoms with van der Waals surface area (Å²) < 4.78 is 0. The third-order valence-corrected chi connectivity index (χ3v) is 3.16. The standard InChI is InChI=1S/C9H17N3O/c1-9(5-3-2-4-6-9)8(7-13)11-12-10/h8,13H,2-7H2,1H3. The molecule has 1 rings (SSSR count). The number of azide groups is 1. The van der Waals surface area contributed by atoms with Gasteiger partial charge in [-0.25, -0.2) is 0 Å². The minimum Gasteiger partial charge on any atom is -0.396 e. The van der Waals surface area contributed by atoms with Crippen LogP contribution in [-0.2, 0) is 0 Å². The molecule has 1 aliphatic carbocycles. The smallest absolute Gasteiger partial charge is 0.0659 e. The van der Waals surface area contributed by atoms with Crippen molar-refractivity contribution in [3.63, 3.8) is 0 Å². The summed E-state index contributed by atoms with van der Waals surface area (Å²) in [4.78, 5) is 2.79. The zero-order chi connectivity index (χ0) is 9.73. The van der Waals surface area contributed by atoms with Crippen molar-refractivity contribution in [3.8, 4) is 0 Å². The molecule has 0 aromatic rings. The quantitative estimate of drug-likeness (QED) is 0.408. The molecule has 1 fully saturated rings. The van der Waals surface area contributed by atoms with Crippen molar-refractivity contribution in [1.29, 1.82) is 0 Å². The lowest BCUT2D eigenvalue weighted by molar-refractivity contribution is 0.117. The lowest BCUT2D eigenvalue weighted by Gasteiger charge is -2.37. The molecule has 1 aliphatic rings. The minimum atomic E-state index is -0.238. The van der Waals surface area contributed by atoms with Crippen molar-refractivity contribution >= 4 is 0 Å². The van der Waals surface area contributed by atoms with Crippen LogP contribution >= 0.6 is 0 Å². The molecule has 0 amide bonds. The van der Waals surface area contributed by atoms with Crippen molar-refractivity contribution in [3.05, 3.63) is 10.4 Å². The largest absolute Gasteiger partial charge is 0.396 e. The average molecular weight is 183 g/mol. The van der Waals surface area contributed by atoms with Crippen molar-refractivity contribution in [2.75, 3.05) is 6.61 Å². The van der Waals surface area contributed by atoms with Gasteiger partial charge in [0.15, 0.2) is 0 Å². The Kier molecular flexibility index (Phi) is 3.58. The molecule has 0 aromatic carbocycles. The highest BCUT2D eigenvalue weighted by Gasteiger charge is 2.34. The van der Waals surface area contributed by atoms with Crippen LogP contribution in [-0.4, -0.2) is 17.8 Å². The summed E-state index contributed by atoms with van der Waals surface area (Å²) in [5.74, 6) is 0. The number of nitrogens with zero attached hydrogens (tertiary/aromatic N) is 3. The fourth-order valence-corrected chi connectivity index (χ4v) is 2.15. The highest BCUT2D eigenvalue weighted by molar-refractivity contribution is 4.89. The molecule has 1 saturated carbocycles. The number of hydrogen-bond acceptors (Lipinski definition) is 2. The van der Waals surface area contributed by atoms with Crippen LogP contribution in [0.4, 0.5) is 0 Å². The highest BCUT2D eigenvalue weighted by atomic mass is 16.3. The molecule has 0 heterocycles. The first-order chi connectivity index (χ1) is 6.23. The summed E-state index contributed by atoms with van der Waals surface area (Å²) in [7, 11) is 0. The van der Waals surface area contributed by atoms with Gasteiger partial charge in [-0.3, -0.25) is 0 Å². The fraction of sp³-hybridized carbons (Fsp3) is 1.00. The molecular formula is C9H17N3O. The van der Waals surface area contributed by atoms with Gasteiger partial charge >= 0.3 is 0 Å². The van der Waals surface area contributed by atoms with E-state index in [9.17, 15) is 0 Å². The Hall–Kier alpha value is -0.730. The highest BCUT2D eigenvalue weighted by Crippen LogP contribution is 2.39. The molecule has 13 heavy (non-hydrogen) atoms. The molecule has 0 aromatic heterocycles. The second kappa shape index (κ2) is 4.49. The summed E-state index contributed by atoms with van der Waals surface area (Å²) >= 11 is 0. The van der Waals surface area contributed by atoms with Gasteiger partial charge in [0, 0.05) is 4.91 Å². The van der Waals surface area contributed by atoms with Gasteiger partial charge in [0.1, 0.15) is 0 Å². The van der Waals surface area contributed by atoms with Crippen molar-refractivity contribution in [2.24, 2.45) is 10.5 Å². The molecule has 0 radical (unpaired) electrons. The molecule has 4 nitrogen and oxygen atoms in total. The van der Waals surface area contributed by atoms with Gasteiger partial charge in [-0.05, 0) is 23.8 Å². The second-order valence-corrected chi connectivity index (χ2v) is 4.12. The lowest BCUT2D eigenvalue weighted by Crippen LogP contribution is -2.35. The number of hydrogen-bond donors (Lipinski definition) is 1. The van der Waals surface area contributed by atoms with Crippen LogP contribution in [0.3, 0.4) is 0 Å². The number of rotatable bonds is 3. The Balaban J connectivity index is 2.68. The Morgan fingerprint density at radius 2 is 2.08 bits per heavy atom. The van der Waals surface area contributed by atoms with Gasteiger partial charge in [-0.1, -0.05) is 31.3 Å². The van der Waals surface area contributed by atoms with Crippen LogP contribution in [0.1, 0.15) is 39.0 Å². The predicted molar refractivity (Wildman–Crippen MR) is 51.2 cm³/mol. The van der Waals surface area contributed by atoms with E-state index < -0.39 is 0 Å². The zero-order valence-corrected chi connectivity index (χ0v) is 8.11. The summed E-state index contributed by atoms with van der Waals surface area (Å²) in [5.41, 5.74) is 8.39. The molecule has 4 heteroatoms. The summed E-state index contributed by atoms with van der Waals surface area (Å²) in [5, 5.41) is 12.8.